The molecule has 6 nitrogen and oxygen atoms in total. The van der Waals surface area contributed by atoms with Crippen molar-refractivity contribution in [1.29, 1.82) is 0 Å². The number of methoxy groups -OCH3 is 1. The van der Waals surface area contributed by atoms with Crippen LogP contribution in [-0.2, 0) is 9.59 Å². The van der Waals surface area contributed by atoms with E-state index in [-0.39, 0.29) is 11.3 Å². The van der Waals surface area contributed by atoms with E-state index in [2.05, 4.69) is 13.2 Å². The van der Waals surface area contributed by atoms with Crippen LogP contribution in [0, 0.1) is 0 Å². The fraction of sp³-hybridized carbons (Fsp3) is 0.143. The Balaban J connectivity index is 2.09. The molecule has 3 aromatic rings. The van der Waals surface area contributed by atoms with E-state index in [1.54, 1.807) is 44.2 Å². The van der Waals surface area contributed by atoms with Crippen molar-refractivity contribution in [3.8, 4) is 17.2 Å². The summed E-state index contributed by atoms with van der Waals surface area (Å²) in [6, 6.07) is 8.45. The van der Waals surface area contributed by atoms with Crippen molar-refractivity contribution in [2.24, 2.45) is 0 Å². The Morgan fingerprint density at radius 1 is 0.926 bits per heavy atom. The average molecular weight is 366 g/mol. The van der Waals surface area contributed by atoms with Crippen molar-refractivity contribution in [2.45, 2.75) is 13.8 Å². The van der Waals surface area contributed by atoms with E-state index in [0.29, 0.717) is 28.2 Å². The number of rotatable bonds is 5. The quantitative estimate of drug-likeness (QED) is 0.374. The van der Waals surface area contributed by atoms with Crippen molar-refractivity contribution in [3.63, 3.8) is 0 Å². The van der Waals surface area contributed by atoms with Gasteiger partial charge in [0, 0.05) is 28.0 Å². The molecule has 0 N–H and O–H groups in total. The second kappa shape index (κ2) is 6.99. The molecule has 0 saturated carbocycles. The molecule has 1 heterocycles. The van der Waals surface area contributed by atoms with E-state index in [1.807, 2.05) is 0 Å². The molecule has 0 unspecified atom stereocenters. The molecule has 138 valence electrons. The lowest BCUT2D eigenvalue weighted by molar-refractivity contribution is -0.131. The van der Waals surface area contributed by atoms with Crippen molar-refractivity contribution >= 4 is 33.9 Å². The lowest BCUT2D eigenvalue weighted by atomic mass is 10.1. The number of fused-ring (bicyclic) bond motifs is 3. The largest absolute Gasteiger partial charge is 0.490 e. The third-order valence-electron chi connectivity index (χ3n) is 3.85. The number of carbonyl (C=O) groups is 2. The first-order chi connectivity index (χ1) is 12.8. The van der Waals surface area contributed by atoms with E-state index in [1.165, 1.54) is 7.11 Å². The number of furan rings is 1. The highest BCUT2D eigenvalue weighted by atomic mass is 16.6. The van der Waals surface area contributed by atoms with Crippen LogP contribution in [0.15, 0.2) is 59.1 Å². The molecule has 2 aromatic carbocycles. The fourth-order valence-electron chi connectivity index (χ4n) is 2.50. The normalized spacial score (nSPS) is 10.6. The minimum atomic E-state index is -0.558. The second-order valence-electron chi connectivity index (χ2n) is 6.07. The van der Waals surface area contributed by atoms with E-state index in [9.17, 15) is 9.59 Å². The molecule has 0 radical (unpaired) electrons. The third kappa shape index (κ3) is 3.42. The molecule has 0 fully saturated rings. The van der Waals surface area contributed by atoms with Crippen LogP contribution in [0.4, 0.5) is 0 Å². The molecule has 3 rings (SSSR count). The summed E-state index contributed by atoms with van der Waals surface area (Å²) < 4.78 is 21.8. The van der Waals surface area contributed by atoms with Gasteiger partial charge in [0.25, 0.3) is 0 Å². The standard InChI is InChI=1S/C21H18O6/c1-11(2)20(22)25-13-6-7-14-15-8-9-16(27-21(23)12(3)4)19(24-5)18(15)26-17(14)10-13/h6-10H,1,3H2,2,4-5H3. The number of hydrogen-bond acceptors (Lipinski definition) is 6. The van der Waals surface area contributed by atoms with Gasteiger partial charge >= 0.3 is 11.9 Å². The van der Waals surface area contributed by atoms with E-state index in [0.717, 1.165) is 10.8 Å². The van der Waals surface area contributed by atoms with Crippen molar-refractivity contribution in [1.82, 2.24) is 0 Å². The van der Waals surface area contributed by atoms with Crippen LogP contribution in [0.25, 0.3) is 21.9 Å². The Morgan fingerprint density at radius 2 is 1.56 bits per heavy atom. The molecule has 0 aliphatic carbocycles. The van der Waals surface area contributed by atoms with E-state index < -0.39 is 11.9 Å². The van der Waals surface area contributed by atoms with Gasteiger partial charge in [-0.2, -0.15) is 0 Å². The highest BCUT2D eigenvalue weighted by Gasteiger charge is 2.19. The third-order valence-corrected chi connectivity index (χ3v) is 3.85. The molecule has 6 heteroatoms. The molecule has 0 aliphatic heterocycles. The minimum absolute atomic E-state index is 0.228. The van der Waals surface area contributed by atoms with Gasteiger partial charge in [-0.15, -0.1) is 0 Å². The van der Waals surface area contributed by atoms with Gasteiger partial charge in [0.2, 0.25) is 5.75 Å². The highest BCUT2D eigenvalue weighted by Crippen LogP contribution is 2.41. The van der Waals surface area contributed by atoms with Gasteiger partial charge in [0.05, 0.1) is 7.11 Å². The summed E-state index contributed by atoms with van der Waals surface area (Å²) >= 11 is 0. The van der Waals surface area contributed by atoms with Gasteiger partial charge in [0.1, 0.15) is 11.3 Å². The second-order valence-corrected chi connectivity index (χ2v) is 6.07. The zero-order valence-corrected chi connectivity index (χ0v) is 15.3. The monoisotopic (exact) mass is 366 g/mol. The van der Waals surface area contributed by atoms with Crippen LogP contribution in [-0.4, -0.2) is 19.0 Å². The zero-order valence-electron chi connectivity index (χ0n) is 15.3. The summed E-state index contributed by atoms with van der Waals surface area (Å²) in [5.41, 5.74) is 1.48. The van der Waals surface area contributed by atoms with Crippen LogP contribution in [0.5, 0.6) is 17.2 Å². The Morgan fingerprint density at radius 3 is 2.19 bits per heavy atom. The fourth-order valence-corrected chi connectivity index (χ4v) is 2.50. The van der Waals surface area contributed by atoms with Crippen molar-refractivity contribution in [3.05, 3.63) is 54.6 Å². The topological polar surface area (TPSA) is 75.0 Å². The number of ether oxygens (including phenoxy) is 3. The lowest BCUT2D eigenvalue weighted by Crippen LogP contribution is -2.09. The van der Waals surface area contributed by atoms with Gasteiger partial charge in [-0.1, -0.05) is 13.2 Å². The molecule has 0 spiro atoms. The first-order valence-electron chi connectivity index (χ1n) is 8.10. The first kappa shape index (κ1) is 18.3. The maximum atomic E-state index is 11.8. The average Bonchev–Trinajstić information content (AvgIpc) is 2.98. The van der Waals surface area contributed by atoms with Gasteiger partial charge in [-0.3, -0.25) is 0 Å². The molecule has 0 aliphatic rings. The number of hydrogen-bond donors (Lipinski definition) is 0. The summed E-state index contributed by atoms with van der Waals surface area (Å²) in [6.07, 6.45) is 0. The number of esters is 2. The Bertz CT molecular complexity index is 1100. The van der Waals surface area contributed by atoms with Crippen LogP contribution >= 0.6 is 0 Å². The van der Waals surface area contributed by atoms with E-state index >= 15 is 0 Å². The predicted octanol–water partition coefficient (Wildman–Crippen LogP) is 4.56. The molecule has 0 bridgehead atoms. The van der Waals surface area contributed by atoms with Crippen LogP contribution in [0.1, 0.15) is 13.8 Å². The van der Waals surface area contributed by atoms with Crippen LogP contribution < -0.4 is 14.2 Å². The maximum Gasteiger partial charge on any atom is 0.338 e. The molecular weight excluding hydrogens is 348 g/mol. The number of carbonyl (C=O) groups excluding carboxylic acids is 2. The summed E-state index contributed by atoms with van der Waals surface area (Å²) in [4.78, 5) is 23.5. The molecule has 27 heavy (non-hydrogen) atoms. The first-order valence-corrected chi connectivity index (χ1v) is 8.10. The molecule has 1 aromatic heterocycles. The molecule has 0 saturated heterocycles. The minimum Gasteiger partial charge on any atom is -0.490 e. The van der Waals surface area contributed by atoms with Crippen molar-refractivity contribution < 1.29 is 28.2 Å². The van der Waals surface area contributed by atoms with Gasteiger partial charge in [-0.25, -0.2) is 9.59 Å². The smallest absolute Gasteiger partial charge is 0.338 e. The predicted molar refractivity (Wildman–Crippen MR) is 101 cm³/mol. The molecule has 0 atom stereocenters. The molecule has 0 amide bonds. The molecular formula is C21H18O6. The number of benzene rings is 2. The summed E-state index contributed by atoms with van der Waals surface area (Å²) in [5, 5.41) is 1.57. The van der Waals surface area contributed by atoms with Crippen LogP contribution in [0.2, 0.25) is 0 Å². The maximum absolute atomic E-state index is 11.8. The summed E-state index contributed by atoms with van der Waals surface area (Å²) in [5.74, 6) is -0.220. The van der Waals surface area contributed by atoms with Gasteiger partial charge < -0.3 is 18.6 Å². The summed E-state index contributed by atoms with van der Waals surface area (Å²) in [6.45, 7) is 10.2. The Hall–Kier alpha value is -3.54. The SMILES string of the molecule is C=C(C)C(=O)Oc1ccc2c(c1)oc1c(OC)c(OC(=O)C(=C)C)ccc12. The highest BCUT2D eigenvalue weighted by molar-refractivity contribution is 6.08. The van der Waals surface area contributed by atoms with Crippen molar-refractivity contribution in [2.75, 3.05) is 7.11 Å². The van der Waals surface area contributed by atoms with Gasteiger partial charge in [-0.05, 0) is 38.1 Å². The lowest BCUT2D eigenvalue weighted by Gasteiger charge is -2.09. The zero-order chi connectivity index (χ0) is 19.7. The van der Waals surface area contributed by atoms with Crippen LogP contribution in [0.3, 0.4) is 0 Å². The van der Waals surface area contributed by atoms with Gasteiger partial charge in [0.15, 0.2) is 11.3 Å². The van der Waals surface area contributed by atoms with E-state index in [4.69, 9.17) is 18.6 Å². The Kier molecular flexibility index (Phi) is 4.73. The Labute approximate surface area is 155 Å². The summed E-state index contributed by atoms with van der Waals surface area (Å²) in [7, 11) is 1.46.